The minimum Gasteiger partial charge on any atom is -0.351 e. The molecule has 1 unspecified atom stereocenters. The van der Waals surface area contributed by atoms with Gasteiger partial charge in [0.15, 0.2) is 5.54 Å². The molecule has 0 aromatic carbocycles. The molecule has 1 saturated heterocycles. The highest BCUT2D eigenvalue weighted by Crippen LogP contribution is 2.29. The maximum Gasteiger partial charge on any atom is 0.322 e. The van der Waals surface area contributed by atoms with Gasteiger partial charge in [-0.1, -0.05) is 32.1 Å². The summed E-state index contributed by atoms with van der Waals surface area (Å²) in [5.41, 5.74) is 4.26. The molecule has 0 aromatic heterocycles. The fourth-order valence-electron chi connectivity index (χ4n) is 3.54. The van der Waals surface area contributed by atoms with E-state index in [2.05, 4.69) is 11.4 Å². The van der Waals surface area contributed by atoms with E-state index in [1.54, 1.807) is 6.42 Å². The Hall–Kier alpha value is -1.61. The van der Waals surface area contributed by atoms with Crippen LogP contribution in [-0.2, 0) is 4.79 Å². The molecule has 0 bridgehead atoms. The quantitative estimate of drug-likeness (QED) is 0.826. The van der Waals surface area contributed by atoms with Gasteiger partial charge in [0.1, 0.15) is 0 Å². The monoisotopic (exact) mass is 305 g/mol. The fraction of sp³-hybridized carbons (Fsp3) is 0.750. The van der Waals surface area contributed by atoms with E-state index in [0.29, 0.717) is 18.8 Å². The molecule has 1 aliphatic heterocycles. The van der Waals surface area contributed by atoms with Crippen molar-refractivity contribution in [3.63, 3.8) is 0 Å². The van der Waals surface area contributed by atoms with Crippen molar-refractivity contribution in [3.8, 4) is 6.07 Å². The second-order valence-electron chi connectivity index (χ2n) is 6.38. The van der Waals surface area contributed by atoms with E-state index in [9.17, 15) is 14.9 Å². The highest BCUT2D eigenvalue weighted by atomic mass is 16.2. The number of primary amides is 1. The zero-order valence-electron chi connectivity index (χ0n) is 13.0. The predicted octanol–water partition coefficient (Wildman–Crippen LogP) is 1.71. The van der Waals surface area contributed by atoms with Gasteiger partial charge in [0.05, 0.1) is 12.5 Å². The van der Waals surface area contributed by atoms with Crippen LogP contribution in [0.5, 0.6) is 0 Å². The molecular formula is C16H25N4O2. The zero-order chi connectivity index (χ0) is 16.0. The maximum atomic E-state index is 12.5. The normalized spacial score (nSPS) is 26.1. The van der Waals surface area contributed by atoms with E-state index in [0.717, 1.165) is 30.7 Å². The average Bonchev–Trinajstić information content (AvgIpc) is 2.54. The number of amides is 3. The van der Waals surface area contributed by atoms with Crippen molar-refractivity contribution in [3.05, 3.63) is 6.42 Å². The molecule has 1 aliphatic carbocycles. The SMILES string of the molecule is N#CC1(N(C(N)=O)C(=O)[CH]CC2CCCCC2)CCCNC1. The van der Waals surface area contributed by atoms with Crippen LogP contribution in [0, 0.1) is 23.7 Å². The number of nitriles is 1. The Morgan fingerprint density at radius 3 is 2.59 bits per heavy atom. The topological polar surface area (TPSA) is 99.2 Å². The van der Waals surface area contributed by atoms with Crippen molar-refractivity contribution < 1.29 is 9.59 Å². The standard InChI is InChI=1S/C16H25N4O2/c17-11-16(9-4-10-19-12-16)20(15(18)22)14(21)8-7-13-5-2-1-3-6-13/h8,13,19H,1-7,9-10,12H2,(H2,18,22). The Morgan fingerprint density at radius 1 is 1.32 bits per heavy atom. The number of rotatable bonds is 4. The van der Waals surface area contributed by atoms with E-state index in [1.807, 2.05) is 0 Å². The lowest BCUT2D eigenvalue weighted by molar-refractivity contribution is -0.128. The second kappa shape index (κ2) is 7.59. The molecule has 6 heteroatoms. The molecule has 22 heavy (non-hydrogen) atoms. The van der Waals surface area contributed by atoms with Gasteiger partial charge in [0, 0.05) is 6.54 Å². The van der Waals surface area contributed by atoms with Crippen molar-refractivity contribution in [2.45, 2.75) is 56.9 Å². The number of nitrogens with zero attached hydrogens (tertiary/aromatic N) is 2. The van der Waals surface area contributed by atoms with Crippen LogP contribution in [0.25, 0.3) is 0 Å². The first-order valence-corrected chi connectivity index (χ1v) is 8.18. The van der Waals surface area contributed by atoms with Crippen LogP contribution in [-0.4, -0.2) is 35.5 Å². The molecule has 1 atom stereocenters. The fourth-order valence-corrected chi connectivity index (χ4v) is 3.54. The van der Waals surface area contributed by atoms with Crippen LogP contribution in [0.3, 0.4) is 0 Å². The Bertz CT molecular complexity index is 446. The lowest BCUT2D eigenvalue weighted by Crippen LogP contribution is -2.62. The molecule has 3 N–H and O–H groups in total. The first-order chi connectivity index (χ1) is 10.6. The first kappa shape index (κ1) is 16.8. The summed E-state index contributed by atoms with van der Waals surface area (Å²) in [5, 5.41) is 12.6. The Kier molecular flexibility index (Phi) is 5.78. The summed E-state index contributed by atoms with van der Waals surface area (Å²) in [6.45, 7) is 1.07. The Morgan fingerprint density at radius 2 is 2.05 bits per heavy atom. The van der Waals surface area contributed by atoms with Gasteiger partial charge in [-0.25, -0.2) is 9.69 Å². The molecule has 2 aliphatic rings. The molecule has 2 fully saturated rings. The number of nitrogens with one attached hydrogen (secondary N) is 1. The van der Waals surface area contributed by atoms with Gasteiger partial charge < -0.3 is 11.1 Å². The van der Waals surface area contributed by atoms with Crippen molar-refractivity contribution in [2.24, 2.45) is 11.7 Å². The van der Waals surface area contributed by atoms with Gasteiger partial charge in [-0.05, 0) is 31.7 Å². The number of carbonyl (C=O) groups is 2. The van der Waals surface area contributed by atoms with E-state index < -0.39 is 17.5 Å². The molecule has 1 saturated carbocycles. The van der Waals surface area contributed by atoms with Gasteiger partial charge in [0.2, 0.25) is 5.91 Å². The number of piperidine rings is 1. The van der Waals surface area contributed by atoms with E-state index in [1.165, 1.54) is 19.3 Å². The lowest BCUT2D eigenvalue weighted by atomic mass is 9.85. The number of urea groups is 1. The zero-order valence-corrected chi connectivity index (χ0v) is 13.0. The maximum absolute atomic E-state index is 12.5. The number of nitrogens with two attached hydrogens (primary N) is 1. The molecule has 1 heterocycles. The molecule has 2 rings (SSSR count). The van der Waals surface area contributed by atoms with E-state index in [-0.39, 0.29) is 6.54 Å². The Balaban J connectivity index is 2.01. The van der Waals surface area contributed by atoms with Gasteiger partial charge >= 0.3 is 6.03 Å². The largest absolute Gasteiger partial charge is 0.351 e. The molecule has 1 radical (unpaired) electrons. The Labute approximate surface area is 132 Å². The summed E-state index contributed by atoms with van der Waals surface area (Å²) in [4.78, 5) is 25.2. The number of imide groups is 1. The summed E-state index contributed by atoms with van der Waals surface area (Å²) in [6.07, 6.45) is 9.37. The molecule has 3 amide bonds. The third-order valence-electron chi connectivity index (χ3n) is 4.79. The number of hydrogen-bond donors (Lipinski definition) is 2. The summed E-state index contributed by atoms with van der Waals surface area (Å²) < 4.78 is 0. The summed E-state index contributed by atoms with van der Waals surface area (Å²) in [7, 11) is 0. The van der Waals surface area contributed by atoms with Crippen LogP contribution < -0.4 is 11.1 Å². The van der Waals surface area contributed by atoms with E-state index >= 15 is 0 Å². The molecule has 121 valence electrons. The van der Waals surface area contributed by atoms with E-state index in [4.69, 9.17) is 5.73 Å². The molecular weight excluding hydrogens is 280 g/mol. The number of hydrogen-bond acceptors (Lipinski definition) is 4. The van der Waals surface area contributed by atoms with Crippen LogP contribution >= 0.6 is 0 Å². The highest BCUT2D eigenvalue weighted by Gasteiger charge is 2.44. The predicted molar refractivity (Wildman–Crippen MR) is 82.4 cm³/mol. The van der Waals surface area contributed by atoms with Gasteiger partial charge in [0.25, 0.3) is 0 Å². The summed E-state index contributed by atoms with van der Waals surface area (Å²) >= 11 is 0. The minimum absolute atomic E-state index is 0.287. The van der Waals surface area contributed by atoms with Crippen LogP contribution in [0.1, 0.15) is 51.4 Å². The molecule has 6 nitrogen and oxygen atoms in total. The van der Waals surface area contributed by atoms with Gasteiger partial charge in [-0.15, -0.1) is 0 Å². The van der Waals surface area contributed by atoms with Gasteiger partial charge in [-0.2, -0.15) is 5.26 Å². The average molecular weight is 305 g/mol. The smallest absolute Gasteiger partial charge is 0.322 e. The van der Waals surface area contributed by atoms with Gasteiger partial charge in [-0.3, -0.25) is 4.79 Å². The van der Waals surface area contributed by atoms with Crippen molar-refractivity contribution in [1.29, 1.82) is 5.26 Å². The van der Waals surface area contributed by atoms with Crippen molar-refractivity contribution in [2.75, 3.05) is 13.1 Å². The van der Waals surface area contributed by atoms with Crippen LogP contribution in [0.2, 0.25) is 0 Å². The third kappa shape index (κ3) is 3.77. The third-order valence-corrected chi connectivity index (χ3v) is 4.79. The molecule has 0 spiro atoms. The summed E-state index contributed by atoms with van der Waals surface area (Å²) in [6, 6.07) is 1.30. The first-order valence-electron chi connectivity index (χ1n) is 8.18. The minimum atomic E-state index is -1.15. The highest BCUT2D eigenvalue weighted by molar-refractivity contribution is 5.99. The summed E-state index contributed by atoms with van der Waals surface area (Å²) in [5.74, 6) is 0.0817. The van der Waals surface area contributed by atoms with Crippen LogP contribution in [0.15, 0.2) is 0 Å². The number of carbonyl (C=O) groups excluding carboxylic acids is 2. The molecule has 0 aromatic rings. The lowest BCUT2D eigenvalue weighted by Gasteiger charge is -2.39. The second-order valence-corrected chi connectivity index (χ2v) is 6.38. The van der Waals surface area contributed by atoms with Crippen LogP contribution in [0.4, 0.5) is 4.79 Å². The van der Waals surface area contributed by atoms with Crippen molar-refractivity contribution >= 4 is 11.9 Å². The van der Waals surface area contributed by atoms with Crippen molar-refractivity contribution in [1.82, 2.24) is 10.2 Å².